The molecule has 1 unspecified atom stereocenters. The van der Waals surface area contributed by atoms with E-state index in [1.807, 2.05) is 36.3 Å². The molecule has 1 saturated heterocycles. The number of nitrogens with zero attached hydrogens (tertiary/aromatic N) is 5. The van der Waals surface area contributed by atoms with Gasteiger partial charge in [-0.1, -0.05) is 12.1 Å². The first kappa shape index (κ1) is 29.5. The van der Waals surface area contributed by atoms with Crippen LogP contribution < -0.4 is 5.56 Å². The fraction of sp³-hybridized carbons (Fsp3) is 0.552. The second-order valence-electron chi connectivity index (χ2n) is 11.1. The molecule has 1 atom stereocenters. The average Bonchev–Trinajstić information content (AvgIpc) is 3.23. The molecule has 0 bridgehead atoms. The molecule has 3 aromatic rings. The van der Waals surface area contributed by atoms with Crippen molar-refractivity contribution in [1.82, 2.24) is 29.9 Å². The number of aromatic amines is 1. The van der Waals surface area contributed by atoms with Crippen LogP contribution >= 0.6 is 0 Å². The molecule has 0 saturated carbocycles. The molecule has 5 rings (SSSR count). The number of methoxy groups -OCH3 is 1. The summed E-state index contributed by atoms with van der Waals surface area (Å²) in [6.07, 6.45) is 4.14. The molecule has 1 N–H and O–H groups in total. The van der Waals surface area contributed by atoms with Crippen molar-refractivity contribution in [2.75, 3.05) is 20.2 Å². The first-order valence-corrected chi connectivity index (χ1v) is 13.7. The summed E-state index contributed by atoms with van der Waals surface area (Å²) >= 11 is 0. The van der Waals surface area contributed by atoms with Gasteiger partial charge in [0.2, 0.25) is 5.91 Å². The highest BCUT2D eigenvalue weighted by Gasteiger charge is 2.32. The Kier molecular flexibility index (Phi) is 9.12. The smallest absolute Gasteiger partial charge is 0.267 e. The van der Waals surface area contributed by atoms with Crippen LogP contribution in [0.5, 0.6) is 0 Å². The second-order valence-corrected chi connectivity index (χ2v) is 11.1. The maximum atomic E-state index is 14.2. The maximum Gasteiger partial charge on any atom is 0.267 e. The fourth-order valence-corrected chi connectivity index (χ4v) is 5.49. The zero-order valence-electron chi connectivity index (χ0n) is 23.8. The van der Waals surface area contributed by atoms with Gasteiger partial charge in [-0.2, -0.15) is 5.10 Å². The molecule has 2 aliphatic rings. The van der Waals surface area contributed by atoms with Crippen LogP contribution in [0.2, 0.25) is 0 Å². The van der Waals surface area contributed by atoms with Crippen LogP contribution in [0.4, 0.5) is 8.78 Å². The first-order chi connectivity index (χ1) is 19.0. The summed E-state index contributed by atoms with van der Waals surface area (Å²) < 4.78 is 35.3. The van der Waals surface area contributed by atoms with Crippen LogP contribution in [-0.4, -0.2) is 56.0 Å². The summed E-state index contributed by atoms with van der Waals surface area (Å²) in [6, 6.07) is 6.23. The Labute approximate surface area is 233 Å². The van der Waals surface area contributed by atoms with E-state index in [0.717, 1.165) is 74.2 Å². The van der Waals surface area contributed by atoms with E-state index in [2.05, 4.69) is 20.4 Å². The predicted octanol–water partition coefficient (Wildman–Crippen LogP) is 4.36. The number of ether oxygens (including phenoxy) is 1. The molecule has 11 heteroatoms. The molecular formula is C29H38F2N6O3. The van der Waals surface area contributed by atoms with Gasteiger partial charge in [0.05, 0.1) is 5.69 Å². The van der Waals surface area contributed by atoms with Crippen LogP contribution in [0.25, 0.3) is 0 Å². The Morgan fingerprint density at radius 1 is 1.10 bits per heavy atom. The van der Waals surface area contributed by atoms with Gasteiger partial charge in [0, 0.05) is 51.6 Å². The lowest BCUT2D eigenvalue weighted by Gasteiger charge is -2.31. The molecule has 0 aliphatic carbocycles. The molecule has 0 radical (unpaired) electrons. The lowest BCUT2D eigenvalue weighted by molar-refractivity contribution is -0.129. The molecule has 4 heterocycles. The van der Waals surface area contributed by atoms with E-state index in [4.69, 9.17) is 4.74 Å². The molecular weight excluding hydrogens is 518 g/mol. The van der Waals surface area contributed by atoms with Crippen molar-refractivity contribution in [3.05, 3.63) is 74.7 Å². The standard InChI is InChI=1S/C17H21F2N3O.C12H17N3O2/c1-17(2,23-3)16-21-20-14-9-4-6-11(10-22(14)16)12-7-5-8-13(18)15(12)19;1-8-7-11(12(17)14-13-8)10-3-5-15(6-4-10)9(2)16/h5,7-8,11H,4,6,9-10H2,1-3H3;7,10H,3-6H2,1-2H3,(H,14,17). The summed E-state index contributed by atoms with van der Waals surface area (Å²) in [5.74, 6) is 0.312. The van der Waals surface area contributed by atoms with E-state index in [1.54, 1.807) is 26.2 Å². The molecule has 40 heavy (non-hydrogen) atoms. The average molecular weight is 557 g/mol. The number of H-pyrrole nitrogens is 1. The summed E-state index contributed by atoms with van der Waals surface area (Å²) in [7, 11) is 1.63. The molecule has 1 amide bonds. The van der Waals surface area contributed by atoms with Crippen molar-refractivity contribution in [3.8, 4) is 0 Å². The van der Waals surface area contributed by atoms with Gasteiger partial charge in [0.15, 0.2) is 17.5 Å². The fourth-order valence-electron chi connectivity index (χ4n) is 5.49. The third-order valence-corrected chi connectivity index (χ3v) is 7.99. The quantitative estimate of drug-likeness (QED) is 0.512. The van der Waals surface area contributed by atoms with Crippen molar-refractivity contribution in [2.45, 2.75) is 83.8 Å². The zero-order valence-corrected chi connectivity index (χ0v) is 23.8. The number of carbonyl (C=O) groups excluding carboxylic acids is 1. The number of carbonyl (C=O) groups is 1. The number of hydrogen-bond donors (Lipinski definition) is 1. The van der Waals surface area contributed by atoms with E-state index in [1.165, 1.54) is 0 Å². The Balaban J connectivity index is 0.000000194. The highest BCUT2D eigenvalue weighted by atomic mass is 19.2. The van der Waals surface area contributed by atoms with Crippen LogP contribution in [0.1, 0.15) is 86.8 Å². The number of aromatic nitrogens is 5. The number of piperidine rings is 1. The predicted molar refractivity (Wildman–Crippen MR) is 146 cm³/mol. The van der Waals surface area contributed by atoms with Crippen LogP contribution in [-0.2, 0) is 28.1 Å². The second kappa shape index (κ2) is 12.4. The highest BCUT2D eigenvalue weighted by Crippen LogP contribution is 2.33. The van der Waals surface area contributed by atoms with Gasteiger partial charge in [0.25, 0.3) is 5.56 Å². The minimum Gasteiger partial charge on any atom is -0.371 e. The van der Waals surface area contributed by atoms with Crippen LogP contribution in [0.3, 0.4) is 0 Å². The molecule has 1 fully saturated rings. The Hall–Kier alpha value is -3.47. The number of nitrogens with one attached hydrogen (secondary N) is 1. The summed E-state index contributed by atoms with van der Waals surface area (Å²) in [4.78, 5) is 24.7. The van der Waals surface area contributed by atoms with Crippen molar-refractivity contribution >= 4 is 5.91 Å². The monoisotopic (exact) mass is 556 g/mol. The highest BCUT2D eigenvalue weighted by molar-refractivity contribution is 5.73. The first-order valence-electron chi connectivity index (χ1n) is 13.7. The van der Waals surface area contributed by atoms with Gasteiger partial charge < -0.3 is 14.2 Å². The third kappa shape index (κ3) is 6.46. The minimum atomic E-state index is -0.798. The van der Waals surface area contributed by atoms with Gasteiger partial charge in [-0.25, -0.2) is 13.9 Å². The summed E-state index contributed by atoms with van der Waals surface area (Å²) in [5.41, 5.74) is 1.37. The number of rotatable bonds is 4. The summed E-state index contributed by atoms with van der Waals surface area (Å²) in [6.45, 7) is 9.31. The van der Waals surface area contributed by atoms with Crippen molar-refractivity contribution in [2.24, 2.45) is 0 Å². The van der Waals surface area contributed by atoms with Crippen molar-refractivity contribution in [1.29, 1.82) is 0 Å². The number of halogens is 2. The number of likely N-dealkylation sites (tertiary alicyclic amines) is 1. The minimum absolute atomic E-state index is 0.100. The molecule has 1 aromatic carbocycles. The number of hydrogen-bond acceptors (Lipinski definition) is 6. The maximum absolute atomic E-state index is 14.2. The largest absolute Gasteiger partial charge is 0.371 e. The van der Waals surface area contributed by atoms with Crippen LogP contribution in [0, 0.1) is 18.6 Å². The van der Waals surface area contributed by atoms with Gasteiger partial charge in [-0.3, -0.25) is 9.59 Å². The Bertz CT molecular complexity index is 1390. The number of benzene rings is 1. The topological polar surface area (TPSA) is 106 Å². The molecule has 0 spiro atoms. The zero-order chi connectivity index (χ0) is 29.0. The van der Waals surface area contributed by atoms with Gasteiger partial charge >= 0.3 is 0 Å². The Morgan fingerprint density at radius 2 is 1.82 bits per heavy atom. The lowest BCUT2D eigenvalue weighted by atomic mass is 9.90. The van der Waals surface area contributed by atoms with Gasteiger partial charge in [0.1, 0.15) is 11.4 Å². The number of amides is 1. The van der Waals surface area contributed by atoms with E-state index < -0.39 is 17.2 Å². The molecule has 9 nitrogen and oxygen atoms in total. The normalized spacial score (nSPS) is 18.0. The summed E-state index contributed by atoms with van der Waals surface area (Å²) in [5, 5.41) is 14.9. The van der Waals surface area contributed by atoms with Crippen LogP contribution in [0.15, 0.2) is 29.1 Å². The van der Waals surface area contributed by atoms with Gasteiger partial charge in [-0.05, 0) is 70.1 Å². The van der Waals surface area contributed by atoms with Crippen molar-refractivity contribution in [3.63, 3.8) is 0 Å². The molecule has 2 aliphatic heterocycles. The SMILES string of the molecule is CC(=O)N1CCC(c2cc(C)n[nH]c2=O)CC1.COC(C)(C)c1nnc2n1CC(c1cccc(F)c1F)CCC2. The Morgan fingerprint density at radius 3 is 2.50 bits per heavy atom. The van der Waals surface area contributed by atoms with E-state index in [0.29, 0.717) is 12.1 Å². The van der Waals surface area contributed by atoms with E-state index in [9.17, 15) is 18.4 Å². The molecule has 2 aromatic heterocycles. The molecule has 216 valence electrons. The van der Waals surface area contributed by atoms with Crippen molar-refractivity contribution < 1.29 is 18.3 Å². The lowest BCUT2D eigenvalue weighted by Crippen LogP contribution is -2.37. The third-order valence-electron chi connectivity index (χ3n) is 7.99. The van der Waals surface area contributed by atoms with E-state index in [-0.39, 0.29) is 23.3 Å². The van der Waals surface area contributed by atoms with Gasteiger partial charge in [-0.15, -0.1) is 10.2 Å². The number of fused-ring (bicyclic) bond motifs is 1. The van der Waals surface area contributed by atoms with E-state index >= 15 is 0 Å². The number of aryl methyl sites for hydroxylation is 2.